The molecule has 0 bridgehead atoms. The Kier molecular flexibility index (Phi) is 6.06. The number of hydrogen-bond donors (Lipinski definition) is 2. The number of aryl methyl sites for hydroxylation is 1. The monoisotopic (exact) mass is 440 g/mol. The smallest absolute Gasteiger partial charge is 0.238 e. The van der Waals surface area contributed by atoms with Crippen molar-refractivity contribution in [2.45, 2.75) is 44.8 Å². The molecule has 2 aromatic heterocycles. The fourth-order valence-corrected chi connectivity index (χ4v) is 4.46. The lowest BCUT2D eigenvalue weighted by molar-refractivity contribution is 0.142. The van der Waals surface area contributed by atoms with E-state index in [4.69, 9.17) is 10.5 Å². The molecule has 0 atom stereocenters. The molecular weight excluding hydrogens is 412 g/mol. The number of hydrogen-bond acceptors (Lipinski definition) is 8. The van der Waals surface area contributed by atoms with Crippen LogP contribution in [0.3, 0.4) is 0 Å². The van der Waals surface area contributed by atoms with Gasteiger partial charge in [-0.2, -0.15) is 4.36 Å². The molecule has 3 N–H and O–H groups in total. The number of anilines is 2. The summed E-state index contributed by atoms with van der Waals surface area (Å²) in [4.78, 5) is 13.3. The zero-order valence-corrected chi connectivity index (χ0v) is 18.9. The largest absolute Gasteiger partial charge is 0.473 e. The minimum atomic E-state index is -2.26. The molecule has 1 aliphatic carbocycles. The van der Waals surface area contributed by atoms with Crippen molar-refractivity contribution in [3.63, 3.8) is 0 Å². The van der Waals surface area contributed by atoms with Gasteiger partial charge in [0.2, 0.25) is 5.88 Å². The zero-order valence-electron chi connectivity index (χ0n) is 18.0. The number of aromatic nitrogens is 3. The summed E-state index contributed by atoms with van der Waals surface area (Å²) >= 11 is 0. The van der Waals surface area contributed by atoms with Crippen molar-refractivity contribution in [1.82, 2.24) is 15.0 Å². The van der Waals surface area contributed by atoms with E-state index in [0.717, 1.165) is 47.8 Å². The Morgan fingerprint density at radius 2 is 1.94 bits per heavy atom. The van der Waals surface area contributed by atoms with Gasteiger partial charge in [0.15, 0.2) is 0 Å². The van der Waals surface area contributed by atoms with E-state index in [1.165, 1.54) is 6.33 Å². The van der Waals surface area contributed by atoms with E-state index in [1.54, 1.807) is 18.7 Å². The van der Waals surface area contributed by atoms with Crippen molar-refractivity contribution in [2.75, 3.05) is 17.8 Å². The molecule has 2 heterocycles. The second kappa shape index (κ2) is 8.76. The van der Waals surface area contributed by atoms with Gasteiger partial charge in [0, 0.05) is 39.9 Å². The Labute approximate surface area is 182 Å². The van der Waals surface area contributed by atoms with E-state index in [9.17, 15) is 4.21 Å². The standard InChI is InChI=1S/C22H28N6O2S/c1-14-11-16(28-31(2,3)29)12-19-20(14)21(26-13-25-19)27-18-5-4-10-24-22(18)30-17-8-6-15(23)7-9-17/h4-5,10-13,15,17H,6-9,23H2,1-3H3,(H,25,26,27). The fraction of sp³-hybridized carbons (Fsp3) is 0.409. The first kappa shape index (κ1) is 21.5. The first-order valence-electron chi connectivity index (χ1n) is 10.4. The maximum Gasteiger partial charge on any atom is 0.238 e. The lowest BCUT2D eigenvalue weighted by atomic mass is 9.94. The summed E-state index contributed by atoms with van der Waals surface area (Å²) in [6.45, 7) is 1.97. The Balaban J connectivity index is 1.66. The van der Waals surface area contributed by atoms with Gasteiger partial charge in [-0.05, 0) is 62.4 Å². The number of benzene rings is 1. The van der Waals surface area contributed by atoms with Crippen LogP contribution in [0.4, 0.5) is 17.2 Å². The number of nitrogens with one attached hydrogen (secondary N) is 1. The number of pyridine rings is 1. The van der Waals surface area contributed by atoms with Crippen LogP contribution in [0.5, 0.6) is 5.88 Å². The topological polar surface area (TPSA) is 115 Å². The first-order chi connectivity index (χ1) is 14.8. The van der Waals surface area contributed by atoms with Crippen LogP contribution in [0.15, 0.2) is 41.2 Å². The summed E-state index contributed by atoms with van der Waals surface area (Å²) < 4.78 is 22.6. The van der Waals surface area contributed by atoms with Gasteiger partial charge in [0.1, 0.15) is 23.9 Å². The number of rotatable bonds is 5. The Morgan fingerprint density at radius 3 is 2.68 bits per heavy atom. The number of nitrogens with zero attached hydrogens (tertiary/aromatic N) is 4. The summed E-state index contributed by atoms with van der Waals surface area (Å²) in [6, 6.07) is 7.77. The second-order valence-corrected chi connectivity index (χ2v) is 10.8. The van der Waals surface area contributed by atoms with Crippen molar-refractivity contribution < 1.29 is 8.95 Å². The van der Waals surface area contributed by atoms with Crippen molar-refractivity contribution in [3.05, 3.63) is 42.4 Å². The summed E-state index contributed by atoms with van der Waals surface area (Å²) in [7, 11) is -2.26. The molecule has 1 aromatic carbocycles. The molecule has 1 aliphatic rings. The molecule has 9 heteroatoms. The zero-order chi connectivity index (χ0) is 22.0. The van der Waals surface area contributed by atoms with Crippen LogP contribution in [0, 0.1) is 6.92 Å². The predicted octanol–water partition coefficient (Wildman–Crippen LogP) is 4.08. The van der Waals surface area contributed by atoms with Crippen LogP contribution >= 0.6 is 0 Å². The fourth-order valence-electron chi connectivity index (χ4n) is 3.85. The van der Waals surface area contributed by atoms with E-state index in [-0.39, 0.29) is 12.1 Å². The third kappa shape index (κ3) is 5.29. The Hall–Kier alpha value is -2.78. The van der Waals surface area contributed by atoms with E-state index < -0.39 is 9.73 Å². The van der Waals surface area contributed by atoms with Crippen LogP contribution in [-0.2, 0) is 9.73 Å². The minimum Gasteiger partial charge on any atom is -0.473 e. The van der Waals surface area contributed by atoms with Gasteiger partial charge < -0.3 is 15.8 Å². The minimum absolute atomic E-state index is 0.112. The molecule has 0 saturated heterocycles. The van der Waals surface area contributed by atoms with Gasteiger partial charge in [0.05, 0.1) is 11.2 Å². The average Bonchev–Trinajstić information content (AvgIpc) is 2.70. The van der Waals surface area contributed by atoms with Crippen LogP contribution in [0.2, 0.25) is 0 Å². The Morgan fingerprint density at radius 1 is 1.16 bits per heavy atom. The summed E-state index contributed by atoms with van der Waals surface area (Å²) in [6.07, 6.45) is 10.3. The van der Waals surface area contributed by atoms with Gasteiger partial charge >= 0.3 is 0 Å². The van der Waals surface area contributed by atoms with Gasteiger partial charge in [-0.1, -0.05) is 0 Å². The van der Waals surface area contributed by atoms with Crippen molar-refractivity contribution >= 4 is 37.8 Å². The average molecular weight is 441 g/mol. The molecular formula is C22H28N6O2S. The van der Waals surface area contributed by atoms with E-state index in [2.05, 4.69) is 24.6 Å². The van der Waals surface area contributed by atoms with Crippen molar-refractivity contribution in [3.8, 4) is 5.88 Å². The highest BCUT2D eigenvalue weighted by atomic mass is 32.2. The highest BCUT2D eigenvalue weighted by molar-refractivity contribution is 7.92. The lowest BCUT2D eigenvalue weighted by Gasteiger charge is -2.27. The summed E-state index contributed by atoms with van der Waals surface area (Å²) in [5.74, 6) is 1.21. The quantitative estimate of drug-likeness (QED) is 0.614. The molecule has 1 saturated carbocycles. The summed E-state index contributed by atoms with van der Waals surface area (Å²) in [5, 5.41) is 4.25. The molecule has 0 radical (unpaired) electrons. The maximum absolute atomic E-state index is 12.1. The van der Waals surface area contributed by atoms with Crippen LogP contribution < -0.4 is 15.8 Å². The molecule has 164 valence electrons. The number of nitrogens with two attached hydrogens (primary N) is 1. The lowest BCUT2D eigenvalue weighted by Crippen LogP contribution is -2.31. The molecule has 4 rings (SSSR count). The van der Waals surface area contributed by atoms with E-state index in [1.807, 2.05) is 31.2 Å². The van der Waals surface area contributed by atoms with Gasteiger partial charge in [-0.25, -0.2) is 19.2 Å². The first-order valence-corrected chi connectivity index (χ1v) is 12.7. The third-order valence-corrected chi connectivity index (χ3v) is 5.92. The summed E-state index contributed by atoms with van der Waals surface area (Å²) in [5.41, 5.74) is 9.07. The molecule has 0 amide bonds. The van der Waals surface area contributed by atoms with Crippen LogP contribution in [0.25, 0.3) is 10.9 Å². The molecule has 0 unspecified atom stereocenters. The van der Waals surface area contributed by atoms with Gasteiger partial charge in [-0.3, -0.25) is 0 Å². The highest BCUT2D eigenvalue weighted by Crippen LogP contribution is 2.33. The SMILES string of the molecule is Cc1cc(N=S(C)(C)=O)cc2ncnc(Nc3cccnc3OC3CCC(N)CC3)c12. The van der Waals surface area contributed by atoms with Gasteiger partial charge in [-0.15, -0.1) is 0 Å². The van der Waals surface area contributed by atoms with Crippen LogP contribution in [0.1, 0.15) is 31.2 Å². The molecule has 0 aliphatic heterocycles. The molecule has 0 spiro atoms. The highest BCUT2D eigenvalue weighted by Gasteiger charge is 2.21. The van der Waals surface area contributed by atoms with E-state index in [0.29, 0.717) is 17.4 Å². The predicted molar refractivity (Wildman–Crippen MR) is 125 cm³/mol. The van der Waals surface area contributed by atoms with E-state index >= 15 is 0 Å². The number of fused-ring (bicyclic) bond motifs is 1. The third-order valence-electron chi connectivity index (χ3n) is 5.27. The normalized spacial score (nSPS) is 19.2. The van der Waals surface area contributed by atoms with Crippen LogP contribution in [-0.4, -0.2) is 43.8 Å². The molecule has 1 fully saturated rings. The maximum atomic E-state index is 12.1. The number of ether oxygens (including phenoxy) is 1. The van der Waals surface area contributed by atoms with Gasteiger partial charge in [0.25, 0.3) is 0 Å². The second-order valence-electron chi connectivity index (χ2n) is 8.29. The Bertz CT molecular complexity index is 1210. The molecule has 31 heavy (non-hydrogen) atoms. The molecule has 3 aromatic rings. The van der Waals surface area contributed by atoms with Crippen molar-refractivity contribution in [1.29, 1.82) is 0 Å². The van der Waals surface area contributed by atoms with Crippen molar-refractivity contribution in [2.24, 2.45) is 10.1 Å². The molecule has 8 nitrogen and oxygen atoms in total.